The number of carbonyl (C=O) groups is 1. The molecule has 0 radical (unpaired) electrons. The monoisotopic (exact) mass is 281 g/mol. The van der Waals surface area contributed by atoms with Crippen molar-refractivity contribution in [1.82, 2.24) is 9.80 Å². The van der Waals surface area contributed by atoms with Crippen LogP contribution < -0.4 is 0 Å². The van der Waals surface area contributed by atoms with Crippen LogP contribution in [0.1, 0.15) is 26.2 Å². The van der Waals surface area contributed by atoms with Crippen LogP contribution in [0.15, 0.2) is 5.16 Å². The van der Waals surface area contributed by atoms with E-state index < -0.39 is 0 Å². The SMILES string of the molecule is CCOC(=O)N1CCN([C@H]2/C(=N\O)[C@H]3CC[C@@H]2C3)CC1. The van der Waals surface area contributed by atoms with Crippen molar-refractivity contribution in [3.8, 4) is 0 Å². The average Bonchev–Trinajstić information content (AvgIpc) is 3.08. The van der Waals surface area contributed by atoms with Crippen molar-refractivity contribution in [2.24, 2.45) is 17.0 Å². The Hall–Kier alpha value is -1.30. The van der Waals surface area contributed by atoms with Crippen LogP contribution in [0.5, 0.6) is 0 Å². The predicted octanol–water partition coefficient (Wildman–Crippen LogP) is 1.39. The third-order valence-electron chi connectivity index (χ3n) is 4.99. The van der Waals surface area contributed by atoms with Gasteiger partial charge < -0.3 is 14.8 Å². The maximum atomic E-state index is 11.7. The van der Waals surface area contributed by atoms with E-state index in [2.05, 4.69) is 10.1 Å². The van der Waals surface area contributed by atoms with E-state index in [9.17, 15) is 10.0 Å². The van der Waals surface area contributed by atoms with Crippen molar-refractivity contribution in [2.75, 3.05) is 32.8 Å². The molecule has 6 heteroatoms. The topological polar surface area (TPSA) is 65.4 Å². The molecular formula is C14H23N3O3. The standard InChI is InChI=1S/C14H23N3O3/c1-2-20-14(18)17-7-5-16(6-8-17)13-11-4-3-10(9-11)12(13)15-19/h10-11,13,19H,2-9H2,1H3/b15-12-/t10-,11+,13+/m0/s1. The summed E-state index contributed by atoms with van der Waals surface area (Å²) in [5.74, 6) is 1.12. The van der Waals surface area contributed by atoms with Gasteiger partial charge in [-0.25, -0.2) is 4.79 Å². The van der Waals surface area contributed by atoms with Crippen LogP contribution in [0.25, 0.3) is 0 Å². The second-order valence-corrected chi connectivity index (χ2v) is 5.96. The van der Waals surface area contributed by atoms with Gasteiger partial charge >= 0.3 is 6.09 Å². The van der Waals surface area contributed by atoms with E-state index in [1.54, 1.807) is 4.90 Å². The summed E-state index contributed by atoms with van der Waals surface area (Å²) >= 11 is 0. The van der Waals surface area contributed by atoms with Crippen LogP contribution in [0.3, 0.4) is 0 Å². The van der Waals surface area contributed by atoms with Crippen molar-refractivity contribution in [3.05, 3.63) is 0 Å². The Labute approximate surface area is 119 Å². The molecule has 3 aliphatic rings. The number of hydrogen-bond donors (Lipinski definition) is 1. The predicted molar refractivity (Wildman–Crippen MR) is 74.0 cm³/mol. The number of piperazine rings is 1. The lowest BCUT2D eigenvalue weighted by Crippen LogP contribution is -2.55. The van der Waals surface area contributed by atoms with Gasteiger partial charge in [0.2, 0.25) is 0 Å². The third kappa shape index (κ3) is 2.26. The molecule has 112 valence electrons. The first kappa shape index (κ1) is 13.7. The fourth-order valence-electron chi connectivity index (χ4n) is 4.08. The lowest BCUT2D eigenvalue weighted by Gasteiger charge is -2.40. The normalized spacial score (nSPS) is 35.8. The number of amides is 1. The van der Waals surface area contributed by atoms with Crippen LogP contribution in [-0.2, 0) is 4.74 Å². The molecule has 2 bridgehead atoms. The molecule has 0 aromatic rings. The van der Waals surface area contributed by atoms with Gasteiger partial charge in [0.05, 0.1) is 18.4 Å². The van der Waals surface area contributed by atoms with Crippen LogP contribution in [-0.4, -0.2) is 65.6 Å². The summed E-state index contributed by atoms with van der Waals surface area (Å²) in [6, 6.07) is 0.295. The first-order valence-corrected chi connectivity index (χ1v) is 7.62. The van der Waals surface area contributed by atoms with E-state index in [1.165, 1.54) is 19.3 Å². The Morgan fingerprint density at radius 2 is 2.10 bits per heavy atom. The zero-order valence-corrected chi connectivity index (χ0v) is 12.0. The zero-order valence-electron chi connectivity index (χ0n) is 12.0. The van der Waals surface area contributed by atoms with Crippen LogP contribution in [0.2, 0.25) is 0 Å². The summed E-state index contributed by atoms with van der Waals surface area (Å²) in [7, 11) is 0. The highest BCUT2D eigenvalue weighted by Gasteiger charge is 2.48. The Balaban J connectivity index is 1.60. The molecule has 1 aliphatic heterocycles. The van der Waals surface area contributed by atoms with E-state index in [4.69, 9.17) is 4.74 Å². The molecule has 3 fully saturated rings. The molecule has 0 aromatic heterocycles. The van der Waals surface area contributed by atoms with Crippen molar-refractivity contribution in [1.29, 1.82) is 0 Å². The van der Waals surface area contributed by atoms with E-state index >= 15 is 0 Å². The molecule has 3 atom stereocenters. The highest BCUT2D eigenvalue weighted by molar-refractivity contribution is 5.94. The molecule has 1 saturated heterocycles. The lowest BCUT2D eigenvalue weighted by atomic mass is 9.91. The maximum absolute atomic E-state index is 11.7. The molecule has 2 saturated carbocycles. The summed E-state index contributed by atoms with van der Waals surface area (Å²) < 4.78 is 5.04. The fraction of sp³-hybridized carbons (Fsp3) is 0.857. The van der Waals surface area contributed by atoms with Crippen LogP contribution in [0, 0.1) is 11.8 Å². The first-order valence-electron chi connectivity index (χ1n) is 7.62. The van der Waals surface area contributed by atoms with E-state index in [0.29, 0.717) is 37.6 Å². The van der Waals surface area contributed by atoms with E-state index in [0.717, 1.165) is 18.8 Å². The van der Waals surface area contributed by atoms with Crippen LogP contribution >= 0.6 is 0 Å². The average molecular weight is 281 g/mol. The maximum Gasteiger partial charge on any atom is 0.409 e. The molecular weight excluding hydrogens is 258 g/mol. The number of nitrogens with zero attached hydrogens (tertiary/aromatic N) is 3. The molecule has 1 N–H and O–H groups in total. The Morgan fingerprint density at radius 3 is 2.75 bits per heavy atom. The number of ether oxygens (including phenoxy) is 1. The number of fused-ring (bicyclic) bond motifs is 2. The van der Waals surface area contributed by atoms with Gasteiger partial charge in [-0.1, -0.05) is 5.16 Å². The molecule has 0 spiro atoms. The van der Waals surface area contributed by atoms with Gasteiger partial charge in [0.25, 0.3) is 0 Å². The highest BCUT2D eigenvalue weighted by atomic mass is 16.6. The minimum Gasteiger partial charge on any atom is -0.450 e. The van der Waals surface area contributed by atoms with Crippen LogP contribution in [0.4, 0.5) is 4.79 Å². The zero-order chi connectivity index (χ0) is 14.1. The summed E-state index contributed by atoms with van der Waals surface area (Å²) in [6.45, 7) is 5.33. The van der Waals surface area contributed by atoms with Crippen molar-refractivity contribution < 1.29 is 14.7 Å². The van der Waals surface area contributed by atoms with Gasteiger partial charge in [0, 0.05) is 32.1 Å². The number of hydrogen-bond acceptors (Lipinski definition) is 5. The number of rotatable bonds is 2. The smallest absolute Gasteiger partial charge is 0.409 e. The minimum atomic E-state index is -0.212. The van der Waals surface area contributed by atoms with E-state index in [-0.39, 0.29) is 6.09 Å². The summed E-state index contributed by atoms with van der Waals surface area (Å²) in [5, 5.41) is 12.9. The molecule has 20 heavy (non-hydrogen) atoms. The second kappa shape index (κ2) is 5.60. The van der Waals surface area contributed by atoms with Crippen molar-refractivity contribution >= 4 is 11.8 Å². The van der Waals surface area contributed by atoms with Gasteiger partial charge in [-0.2, -0.15) is 0 Å². The Bertz CT molecular complexity index is 404. The largest absolute Gasteiger partial charge is 0.450 e. The van der Waals surface area contributed by atoms with Gasteiger partial charge in [0.15, 0.2) is 0 Å². The lowest BCUT2D eigenvalue weighted by molar-refractivity contribution is 0.0678. The van der Waals surface area contributed by atoms with Gasteiger partial charge in [-0.3, -0.25) is 4.90 Å². The third-order valence-corrected chi connectivity index (χ3v) is 4.99. The van der Waals surface area contributed by atoms with Gasteiger partial charge in [-0.15, -0.1) is 0 Å². The molecule has 0 aromatic carbocycles. The number of oxime groups is 1. The quantitative estimate of drug-likeness (QED) is 0.613. The Morgan fingerprint density at radius 1 is 1.35 bits per heavy atom. The molecule has 1 heterocycles. The van der Waals surface area contributed by atoms with Crippen molar-refractivity contribution in [3.63, 3.8) is 0 Å². The summed E-state index contributed by atoms with van der Waals surface area (Å²) in [6.07, 6.45) is 3.37. The molecule has 2 aliphatic carbocycles. The van der Waals surface area contributed by atoms with Crippen molar-refractivity contribution in [2.45, 2.75) is 32.2 Å². The highest BCUT2D eigenvalue weighted by Crippen LogP contribution is 2.45. The molecule has 0 unspecified atom stereocenters. The molecule has 6 nitrogen and oxygen atoms in total. The van der Waals surface area contributed by atoms with E-state index in [1.807, 2.05) is 6.92 Å². The summed E-state index contributed by atoms with van der Waals surface area (Å²) in [4.78, 5) is 15.8. The minimum absolute atomic E-state index is 0.212. The molecule has 3 rings (SSSR count). The number of carbonyl (C=O) groups excluding carboxylic acids is 1. The Kier molecular flexibility index (Phi) is 3.83. The van der Waals surface area contributed by atoms with Gasteiger partial charge in [-0.05, 0) is 32.1 Å². The summed E-state index contributed by atoms with van der Waals surface area (Å²) in [5.41, 5.74) is 0.978. The fourth-order valence-corrected chi connectivity index (χ4v) is 4.08. The first-order chi connectivity index (χ1) is 9.74. The van der Waals surface area contributed by atoms with Gasteiger partial charge in [0.1, 0.15) is 0 Å². The molecule has 1 amide bonds. The second-order valence-electron chi connectivity index (χ2n) is 5.96.